The molecule has 3 aromatic rings. The van der Waals surface area contributed by atoms with Crippen LogP contribution in [0, 0.1) is 0 Å². The molecule has 2 N–H and O–H groups in total. The van der Waals surface area contributed by atoms with Gasteiger partial charge in [0.2, 0.25) is 5.91 Å². The van der Waals surface area contributed by atoms with Crippen molar-refractivity contribution in [1.29, 1.82) is 0 Å². The molecule has 0 aliphatic carbocycles. The Bertz CT molecular complexity index is 1170. The number of aromatic nitrogens is 2. The Balaban J connectivity index is 1.29. The second kappa shape index (κ2) is 10.4. The predicted octanol–water partition coefficient (Wildman–Crippen LogP) is 1.66. The topological polar surface area (TPSA) is 109 Å². The highest BCUT2D eigenvalue weighted by Crippen LogP contribution is 2.34. The van der Waals surface area contributed by atoms with E-state index in [0.29, 0.717) is 55.7 Å². The number of amides is 2. The summed E-state index contributed by atoms with van der Waals surface area (Å²) in [6.45, 7) is 2.85. The van der Waals surface area contributed by atoms with E-state index in [1.165, 1.54) is 0 Å². The number of piperazine rings is 1. The lowest BCUT2D eigenvalue weighted by Crippen LogP contribution is -2.51. The molecule has 2 heterocycles. The van der Waals surface area contributed by atoms with Crippen LogP contribution in [-0.4, -0.2) is 85.9 Å². The number of para-hydroxylation sites is 1. The van der Waals surface area contributed by atoms with Crippen LogP contribution >= 0.6 is 0 Å². The van der Waals surface area contributed by atoms with Gasteiger partial charge in [0, 0.05) is 49.7 Å². The quantitative estimate of drug-likeness (QED) is 0.519. The summed E-state index contributed by atoms with van der Waals surface area (Å²) < 4.78 is 16.1. The fourth-order valence-corrected chi connectivity index (χ4v) is 4.07. The zero-order valence-electron chi connectivity index (χ0n) is 19.6. The van der Waals surface area contributed by atoms with Crippen molar-refractivity contribution in [3.05, 3.63) is 47.7 Å². The molecule has 34 heavy (non-hydrogen) atoms. The number of carbonyl (C=O) groups excluding carboxylic acids is 2. The Morgan fingerprint density at radius 1 is 0.971 bits per heavy atom. The zero-order chi connectivity index (χ0) is 24.1. The Labute approximate surface area is 197 Å². The predicted molar refractivity (Wildman–Crippen MR) is 126 cm³/mol. The summed E-state index contributed by atoms with van der Waals surface area (Å²) in [5.41, 5.74) is 2.06. The lowest BCUT2D eigenvalue weighted by atomic mass is 10.1. The highest BCUT2D eigenvalue weighted by atomic mass is 16.5. The number of fused-ring (bicyclic) bond motifs is 1. The molecule has 0 radical (unpaired) electrons. The molecule has 0 saturated carbocycles. The van der Waals surface area contributed by atoms with Crippen LogP contribution in [0.4, 0.5) is 0 Å². The number of hydrogen-bond donors (Lipinski definition) is 2. The van der Waals surface area contributed by atoms with E-state index in [-0.39, 0.29) is 18.4 Å². The van der Waals surface area contributed by atoms with E-state index in [1.54, 1.807) is 38.4 Å². The number of ether oxygens (including phenoxy) is 3. The molecule has 1 fully saturated rings. The van der Waals surface area contributed by atoms with Crippen LogP contribution in [0.2, 0.25) is 0 Å². The summed E-state index contributed by atoms with van der Waals surface area (Å²) in [4.78, 5) is 29.3. The second-order valence-corrected chi connectivity index (χ2v) is 7.98. The molecular formula is C24H29N5O5. The van der Waals surface area contributed by atoms with Crippen molar-refractivity contribution in [2.75, 3.05) is 54.1 Å². The van der Waals surface area contributed by atoms with Gasteiger partial charge in [-0.05, 0) is 12.1 Å². The number of rotatable bonds is 8. The minimum Gasteiger partial charge on any atom is -0.496 e. The maximum Gasteiger partial charge on any atom is 0.275 e. The highest BCUT2D eigenvalue weighted by Gasteiger charge is 2.26. The first-order valence-corrected chi connectivity index (χ1v) is 11.0. The van der Waals surface area contributed by atoms with Crippen molar-refractivity contribution < 1.29 is 23.8 Å². The molecule has 10 heteroatoms. The molecule has 180 valence electrons. The van der Waals surface area contributed by atoms with Crippen LogP contribution in [0.1, 0.15) is 16.1 Å². The van der Waals surface area contributed by atoms with Crippen LogP contribution in [-0.2, 0) is 11.3 Å². The molecule has 1 aliphatic rings. The van der Waals surface area contributed by atoms with Gasteiger partial charge in [0.15, 0.2) is 17.2 Å². The minimum atomic E-state index is -0.102. The first kappa shape index (κ1) is 23.4. The number of benzene rings is 2. The third-order valence-corrected chi connectivity index (χ3v) is 5.96. The molecule has 1 saturated heterocycles. The van der Waals surface area contributed by atoms with E-state index >= 15 is 0 Å². The standard InChI is InChI=1S/C24H29N5O5/c1-32-19-13-21(34-3)20(33-2)12-16(19)14-25-22(30)15-28-8-10-29(11-9-28)24(31)23-17-6-4-5-7-18(17)26-27-23/h4-7,12-13H,8-11,14-15H2,1-3H3,(H,25,30)(H,26,27). The molecule has 4 rings (SSSR count). The Kier molecular flexibility index (Phi) is 7.17. The number of nitrogens with one attached hydrogen (secondary N) is 2. The molecule has 1 aromatic heterocycles. The van der Waals surface area contributed by atoms with Crippen LogP contribution in [0.25, 0.3) is 10.9 Å². The van der Waals surface area contributed by atoms with E-state index in [1.807, 2.05) is 29.2 Å². The van der Waals surface area contributed by atoms with Gasteiger partial charge in [-0.2, -0.15) is 5.10 Å². The van der Waals surface area contributed by atoms with Gasteiger partial charge in [-0.25, -0.2) is 0 Å². The fourth-order valence-electron chi connectivity index (χ4n) is 4.07. The largest absolute Gasteiger partial charge is 0.496 e. The highest BCUT2D eigenvalue weighted by molar-refractivity contribution is 6.04. The van der Waals surface area contributed by atoms with E-state index < -0.39 is 0 Å². The fraction of sp³-hybridized carbons (Fsp3) is 0.375. The average Bonchev–Trinajstić information content (AvgIpc) is 3.31. The monoisotopic (exact) mass is 467 g/mol. The van der Waals surface area contributed by atoms with Crippen LogP contribution in [0.5, 0.6) is 17.2 Å². The summed E-state index contributed by atoms with van der Waals surface area (Å²) in [6.07, 6.45) is 0. The summed E-state index contributed by atoms with van der Waals surface area (Å²) in [5.74, 6) is 1.54. The van der Waals surface area contributed by atoms with Gasteiger partial charge in [-0.1, -0.05) is 18.2 Å². The number of hydrogen-bond acceptors (Lipinski definition) is 7. The first-order chi connectivity index (χ1) is 16.5. The first-order valence-electron chi connectivity index (χ1n) is 11.0. The average molecular weight is 468 g/mol. The van der Waals surface area contributed by atoms with Gasteiger partial charge in [0.1, 0.15) is 5.75 Å². The molecule has 2 amide bonds. The van der Waals surface area contributed by atoms with E-state index in [0.717, 1.165) is 16.5 Å². The van der Waals surface area contributed by atoms with Crippen LogP contribution in [0.3, 0.4) is 0 Å². The maximum atomic E-state index is 12.9. The van der Waals surface area contributed by atoms with Crippen molar-refractivity contribution in [3.8, 4) is 17.2 Å². The van der Waals surface area contributed by atoms with Gasteiger partial charge in [-0.15, -0.1) is 0 Å². The smallest absolute Gasteiger partial charge is 0.275 e. The lowest BCUT2D eigenvalue weighted by Gasteiger charge is -2.34. The summed E-state index contributed by atoms with van der Waals surface area (Å²) >= 11 is 0. The van der Waals surface area contributed by atoms with Crippen LogP contribution in [0.15, 0.2) is 36.4 Å². The molecule has 2 aromatic carbocycles. The third-order valence-electron chi connectivity index (χ3n) is 5.96. The van der Waals surface area contributed by atoms with Gasteiger partial charge in [-0.3, -0.25) is 19.6 Å². The van der Waals surface area contributed by atoms with Crippen molar-refractivity contribution in [2.45, 2.75) is 6.54 Å². The molecule has 1 aliphatic heterocycles. The Morgan fingerprint density at radius 3 is 2.35 bits per heavy atom. The second-order valence-electron chi connectivity index (χ2n) is 7.98. The Hall–Kier alpha value is -3.79. The summed E-state index contributed by atoms with van der Waals surface area (Å²) in [6, 6.07) is 11.1. The normalized spacial score (nSPS) is 14.1. The van der Waals surface area contributed by atoms with E-state index in [4.69, 9.17) is 14.2 Å². The van der Waals surface area contributed by atoms with Gasteiger partial charge in [0.05, 0.1) is 33.4 Å². The lowest BCUT2D eigenvalue weighted by molar-refractivity contribution is -0.122. The number of H-pyrrole nitrogens is 1. The SMILES string of the molecule is COc1cc(OC)c(OC)cc1CNC(=O)CN1CCN(C(=O)c2n[nH]c3ccccc23)CC1. The van der Waals surface area contributed by atoms with Crippen LogP contribution < -0.4 is 19.5 Å². The molecule has 0 unspecified atom stereocenters. The zero-order valence-corrected chi connectivity index (χ0v) is 19.6. The number of aromatic amines is 1. The van der Waals surface area contributed by atoms with Crippen molar-refractivity contribution in [1.82, 2.24) is 25.3 Å². The molecule has 0 bridgehead atoms. The van der Waals surface area contributed by atoms with Crippen molar-refractivity contribution in [2.24, 2.45) is 0 Å². The number of methoxy groups -OCH3 is 3. The van der Waals surface area contributed by atoms with Crippen molar-refractivity contribution in [3.63, 3.8) is 0 Å². The molecule has 0 spiro atoms. The Morgan fingerprint density at radius 2 is 1.65 bits per heavy atom. The van der Waals surface area contributed by atoms with E-state index in [2.05, 4.69) is 15.5 Å². The molecular weight excluding hydrogens is 438 g/mol. The number of nitrogens with zero attached hydrogens (tertiary/aromatic N) is 3. The maximum absolute atomic E-state index is 12.9. The van der Waals surface area contributed by atoms with E-state index in [9.17, 15) is 9.59 Å². The number of carbonyl (C=O) groups is 2. The molecule has 10 nitrogen and oxygen atoms in total. The summed E-state index contributed by atoms with van der Waals surface area (Å²) in [7, 11) is 4.69. The molecule has 0 atom stereocenters. The van der Waals surface area contributed by atoms with Crippen molar-refractivity contribution >= 4 is 22.7 Å². The minimum absolute atomic E-state index is 0.0953. The summed E-state index contributed by atoms with van der Waals surface area (Å²) in [5, 5.41) is 10.9. The van der Waals surface area contributed by atoms with Gasteiger partial charge in [0.25, 0.3) is 5.91 Å². The third kappa shape index (κ3) is 4.91. The van der Waals surface area contributed by atoms with Gasteiger partial charge >= 0.3 is 0 Å². The van der Waals surface area contributed by atoms with Gasteiger partial charge < -0.3 is 24.4 Å².